The van der Waals surface area contributed by atoms with Crippen LogP contribution < -0.4 is 5.32 Å². The largest absolute Gasteiger partial charge is 0.325 e. The standard InChI is InChI=1S/C21H25ClN4O/c1-14-3-4-15(2)19(7-14)24-21(27)13-26-12-17-8-18(26)11-25(17)10-16-5-6-20(22)23-9-16/h3-7,9,17-18H,8,10-13H2,1-2H3,(H,24,27). The van der Waals surface area contributed by atoms with Crippen LogP contribution in [0.2, 0.25) is 5.15 Å². The first kappa shape index (κ1) is 18.4. The second-order valence-electron chi connectivity index (χ2n) is 7.76. The van der Waals surface area contributed by atoms with Crippen molar-refractivity contribution in [2.75, 3.05) is 25.0 Å². The third kappa shape index (κ3) is 4.15. The summed E-state index contributed by atoms with van der Waals surface area (Å²) >= 11 is 5.87. The molecule has 2 bridgehead atoms. The Bertz CT molecular complexity index is 839. The van der Waals surface area contributed by atoms with Crippen molar-refractivity contribution >= 4 is 23.2 Å². The Balaban J connectivity index is 1.31. The number of carbonyl (C=O) groups is 1. The van der Waals surface area contributed by atoms with E-state index in [-0.39, 0.29) is 5.91 Å². The Morgan fingerprint density at radius 1 is 1.19 bits per heavy atom. The monoisotopic (exact) mass is 384 g/mol. The predicted molar refractivity (Wildman–Crippen MR) is 108 cm³/mol. The molecule has 0 saturated carbocycles. The lowest BCUT2D eigenvalue weighted by Gasteiger charge is -2.33. The van der Waals surface area contributed by atoms with E-state index >= 15 is 0 Å². The minimum absolute atomic E-state index is 0.0738. The van der Waals surface area contributed by atoms with Gasteiger partial charge in [0.2, 0.25) is 5.91 Å². The van der Waals surface area contributed by atoms with Crippen LogP contribution in [0.15, 0.2) is 36.5 Å². The van der Waals surface area contributed by atoms with E-state index in [9.17, 15) is 4.79 Å². The summed E-state index contributed by atoms with van der Waals surface area (Å²) < 4.78 is 0. The molecule has 6 heteroatoms. The van der Waals surface area contributed by atoms with Gasteiger partial charge in [0.1, 0.15) is 5.15 Å². The quantitative estimate of drug-likeness (QED) is 0.804. The maximum atomic E-state index is 12.5. The fourth-order valence-electron chi connectivity index (χ4n) is 4.20. The molecular formula is C21H25ClN4O. The van der Waals surface area contributed by atoms with Gasteiger partial charge in [0.25, 0.3) is 0 Å². The average Bonchev–Trinajstić information content (AvgIpc) is 3.20. The van der Waals surface area contributed by atoms with E-state index in [1.807, 2.05) is 44.3 Å². The number of halogens is 1. The molecule has 2 aliphatic heterocycles. The number of nitrogens with zero attached hydrogens (tertiary/aromatic N) is 3. The maximum absolute atomic E-state index is 12.5. The summed E-state index contributed by atoms with van der Waals surface area (Å²) in [6.07, 6.45) is 2.99. The van der Waals surface area contributed by atoms with E-state index in [0.717, 1.165) is 42.9 Å². The number of benzene rings is 1. The van der Waals surface area contributed by atoms with Gasteiger partial charge >= 0.3 is 0 Å². The van der Waals surface area contributed by atoms with Gasteiger partial charge in [0, 0.05) is 43.6 Å². The molecule has 1 aromatic heterocycles. The van der Waals surface area contributed by atoms with E-state index < -0.39 is 0 Å². The third-order valence-corrected chi connectivity index (χ3v) is 5.88. The van der Waals surface area contributed by atoms with Gasteiger partial charge in [-0.3, -0.25) is 14.6 Å². The predicted octanol–water partition coefficient (Wildman–Crippen LogP) is 3.25. The minimum atomic E-state index is 0.0738. The smallest absolute Gasteiger partial charge is 0.238 e. The topological polar surface area (TPSA) is 48.5 Å². The maximum Gasteiger partial charge on any atom is 0.238 e. The highest BCUT2D eigenvalue weighted by Crippen LogP contribution is 2.31. The second-order valence-corrected chi connectivity index (χ2v) is 8.15. The molecule has 1 amide bonds. The van der Waals surface area contributed by atoms with Crippen LogP contribution in [0.25, 0.3) is 0 Å². The molecule has 0 radical (unpaired) electrons. The number of anilines is 1. The number of fused-ring (bicyclic) bond motifs is 2. The molecule has 4 rings (SSSR count). The van der Waals surface area contributed by atoms with Crippen LogP contribution in [0, 0.1) is 13.8 Å². The highest BCUT2D eigenvalue weighted by Gasteiger charge is 2.43. The minimum Gasteiger partial charge on any atom is -0.325 e. The van der Waals surface area contributed by atoms with Crippen LogP contribution in [0.1, 0.15) is 23.1 Å². The van der Waals surface area contributed by atoms with Gasteiger partial charge in [-0.05, 0) is 49.1 Å². The van der Waals surface area contributed by atoms with Crippen LogP contribution in [0.3, 0.4) is 0 Å². The number of carbonyl (C=O) groups excluding carboxylic acids is 1. The summed E-state index contributed by atoms with van der Waals surface area (Å²) in [6.45, 7) is 7.38. The number of amides is 1. The molecule has 2 unspecified atom stereocenters. The molecule has 142 valence electrons. The van der Waals surface area contributed by atoms with Crippen molar-refractivity contribution in [1.82, 2.24) is 14.8 Å². The number of nitrogens with one attached hydrogen (secondary N) is 1. The van der Waals surface area contributed by atoms with Gasteiger partial charge in [0.15, 0.2) is 0 Å². The average molecular weight is 385 g/mol. The molecule has 0 spiro atoms. The zero-order valence-corrected chi connectivity index (χ0v) is 16.5. The lowest BCUT2D eigenvalue weighted by molar-refractivity contribution is -0.117. The van der Waals surface area contributed by atoms with E-state index in [2.05, 4.69) is 26.2 Å². The zero-order chi connectivity index (χ0) is 19.0. The molecule has 2 atom stereocenters. The van der Waals surface area contributed by atoms with E-state index in [1.165, 1.54) is 5.56 Å². The van der Waals surface area contributed by atoms with Crippen molar-refractivity contribution in [3.05, 3.63) is 58.4 Å². The van der Waals surface area contributed by atoms with Crippen molar-refractivity contribution in [3.8, 4) is 0 Å². The van der Waals surface area contributed by atoms with Crippen LogP contribution in [-0.2, 0) is 11.3 Å². The molecule has 3 heterocycles. The molecule has 2 aliphatic rings. The summed E-state index contributed by atoms with van der Waals surface area (Å²) in [6, 6.07) is 11.0. The van der Waals surface area contributed by atoms with Crippen molar-refractivity contribution < 1.29 is 4.79 Å². The molecule has 27 heavy (non-hydrogen) atoms. The second kappa shape index (κ2) is 7.58. The number of aryl methyl sites for hydroxylation is 2. The molecule has 1 aromatic carbocycles. The molecule has 2 fully saturated rings. The summed E-state index contributed by atoms with van der Waals surface area (Å²) in [7, 11) is 0. The van der Waals surface area contributed by atoms with Gasteiger partial charge in [-0.1, -0.05) is 29.8 Å². The summed E-state index contributed by atoms with van der Waals surface area (Å²) in [5.41, 5.74) is 4.36. The molecule has 2 aromatic rings. The van der Waals surface area contributed by atoms with Crippen LogP contribution in [0.5, 0.6) is 0 Å². The van der Waals surface area contributed by atoms with E-state index in [1.54, 1.807) is 0 Å². The van der Waals surface area contributed by atoms with E-state index in [4.69, 9.17) is 11.6 Å². The van der Waals surface area contributed by atoms with Crippen LogP contribution >= 0.6 is 11.6 Å². The molecule has 5 nitrogen and oxygen atoms in total. The number of pyridine rings is 1. The summed E-state index contributed by atoms with van der Waals surface area (Å²) in [4.78, 5) is 21.5. The number of rotatable bonds is 5. The van der Waals surface area contributed by atoms with Crippen LogP contribution in [-0.4, -0.2) is 52.4 Å². The SMILES string of the molecule is Cc1ccc(C)c(NC(=O)CN2CC3CC2CN3Cc2ccc(Cl)nc2)c1. The van der Waals surface area contributed by atoms with Gasteiger partial charge < -0.3 is 5.32 Å². The van der Waals surface area contributed by atoms with Gasteiger partial charge in [-0.25, -0.2) is 4.98 Å². The van der Waals surface area contributed by atoms with Gasteiger partial charge in [-0.2, -0.15) is 0 Å². The molecular weight excluding hydrogens is 360 g/mol. The van der Waals surface area contributed by atoms with Crippen molar-refractivity contribution in [1.29, 1.82) is 0 Å². The Hall–Kier alpha value is -1.95. The van der Waals surface area contributed by atoms with Crippen LogP contribution in [0.4, 0.5) is 5.69 Å². The highest BCUT2D eigenvalue weighted by atomic mass is 35.5. The fourth-order valence-corrected chi connectivity index (χ4v) is 4.31. The molecule has 2 saturated heterocycles. The first-order valence-corrected chi connectivity index (χ1v) is 9.81. The number of likely N-dealkylation sites (tertiary alicyclic amines) is 2. The molecule has 1 N–H and O–H groups in total. The number of aromatic nitrogens is 1. The normalized spacial score (nSPS) is 22.3. The third-order valence-electron chi connectivity index (χ3n) is 5.66. The zero-order valence-electron chi connectivity index (χ0n) is 15.8. The van der Waals surface area contributed by atoms with Gasteiger partial charge in [-0.15, -0.1) is 0 Å². The highest BCUT2D eigenvalue weighted by molar-refractivity contribution is 6.29. The Morgan fingerprint density at radius 3 is 2.67 bits per heavy atom. The Morgan fingerprint density at radius 2 is 1.96 bits per heavy atom. The van der Waals surface area contributed by atoms with Crippen molar-refractivity contribution in [2.45, 2.75) is 38.9 Å². The summed E-state index contributed by atoms with van der Waals surface area (Å²) in [5.74, 6) is 0.0738. The summed E-state index contributed by atoms with van der Waals surface area (Å²) in [5, 5.41) is 3.61. The number of hydrogen-bond donors (Lipinski definition) is 1. The lowest BCUT2D eigenvalue weighted by Crippen LogP contribution is -2.48. The fraction of sp³-hybridized carbons (Fsp3) is 0.429. The van der Waals surface area contributed by atoms with Gasteiger partial charge in [0.05, 0.1) is 6.54 Å². The number of hydrogen-bond acceptors (Lipinski definition) is 4. The van der Waals surface area contributed by atoms with Crippen molar-refractivity contribution in [2.24, 2.45) is 0 Å². The lowest BCUT2D eigenvalue weighted by atomic mass is 10.1. The van der Waals surface area contributed by atoms with Crippen molar-refractivity contribution in [3.63, 3.8) is 0 Å². The first-order valence-electron chi connectivity index (χ1n) is 9.43. The molecule has 0 aliphatic carbocycles. The Kier molecular flexibility index (Phi) is 5.17. The number of piperazine rings is 1. The van der Waals surface area contributed by atoms with E-state index in [0.29, 0.717) is 23.8 Å². The Labute approximate surface area is 165 Å². The first-order chi connectivity index (χ1) is 13.0.